The standard InChI is InChI=1S/C12H22N2O/c1-6-10(4)8-14(5)12(15)11(7-13)9(2)3/h9-11H,6,8H2,1-5H3. The number of amides is 1. The number of hydrogen-bond donors (Lipinski definition) is 0. The molecule has 0 aliphatic carbocycles. The van der Waals surface area contributed by atoms with E-state index in [1.165, 1.54) is 0 Å². The van der Waals surface area contributed by atoms with Gasteiger partial charge in [-0.1, -0.05) is 34.1 Å². The van der Waals surface area contributed by atoms with Crippen LogP contribution in [-0.2, 0) is 4.79 Å². The summed E-state index contributed by atoms with van der Waals surface area (Å²) in [6.07, 6.45) is 1.05. The van der Waals surface area contributed by atoms with Crippen LogP contribution in [-0.4, -0.2) is 24.4 Å². The van der Waals surface area contributed by atoms with Gasteiger partial charge in [-0.25, -0.2) is 0 Å². The molecule has 0 saturated carbocycles. The lowest BCUT2D eigenvalue weighted by molar-refractivity contribution is -0.134. The van der Waals surface area contributed by atoms with E-state index >= 15 is 0 Å². The quantitative estimate of drug-likeness (QED) is 0.698. The van der Waals surface area contributed by atoms with Crippen LogP contribution in [0.3, 0.4) is 0 Å². The van der Waals surface area contributed by atoms with E-state index in [2.05, 4.69) is 19.9 Å². The van der Waals surface area contributed by atoms with Crippen molar-refractivity contribution in [2.45, 2.75) is 34.1 Å². The van der Waals surface area contributed by atoms with Gasteiger partial charge in [0, 0.05) is 13.6 Å². The lowest BCUT2D eigenvalue weighted by atomic mass is 9.95. The van der Waals surface area contributed by atoms with Crippen molar-refractivity contribution in [3.8, 4) is 6.07 Å². The molecular formula is C12H22N2O. The largest absolute Gasteiger partial charge is 0.344 e. The van der Waals surface area contributed by atoms with Crippen LogP contribution in [0, 0.1) is 29.1 Å². The lowest BCUT2D eigenvalue weighted by Crippen LogP contribution is -2.37. The van der Waals surface area contributed by atoms with Gasteiger partial charge < -0.3 is 4.90 Å². The lowest BCUT2D eigenvalue weighted by Gasteiger charge is -2.24. The monoisotopic (exact) mass is 210 g/mol. The van der Waals surface area contributed by atoms with Gasteiger partial charge in [-0.3, -0.25) is 4.79 Å². The van der Waals surface area contributed by atoms with E-state index in [0.717, 1.165) is 13.0 Å². The van der Waals surface area contributed by atoms with Crippen LogP contribution in [0.15, 0.2) is 0 Å². The van der Waals surface area contributed by atoms with E-state index in [0.29, 0.717) is 5.92 Å². The second kappa shape index (κ2) is 6.44. The topological polar surface area (TPSA) is 44.1 Å². The van der Waals surface area contributed by atoms with Gasteiger partial charge >= 0.3 is 0 Å². The van der Waals surface area contributed by atoms with Crippen molar-refractivity contribution in [3.05, 3.63) is 0 Å². The van der Waals surface area contributed by atoms with Crippen LogP contribution >= 0.6 is 0 Å². The molecule has 15 heavy (non-hydrogen) atoms. The zero-order valence-corrected chi connectivity index (χ0v) is 10.4. The van der Waals surface area contributed by atoms with Crippen LogP contribution in [0.5, 0.6) is 0 Å². The van der Waals surface area contributed by atoms with Gasteiger partial charge in [0.2, 0.25) is 5.91 Å². The van der Waals surface area contributed by atoms with Crippen molar-refractivity contribution in [1.82, 2.24) is 4.90 Å². The molecule has 0 heterocycles. The average molecular weight is 210 g/mol. The first-order chi connectivity index (χ1) is 6.93. The maximum atomic E-state index is 11.9. The van der Waals surface area contributed by atoms with Gasteiger partial charge in [-0.2, -0.15) is 5.26 Å². The first-order valence-electron chi connectivity index (χ1n) is 5.58. The van der Waals surface area contributed by atoms with Crippen LogP contribution in [0.4, 0.5) is 0 Å². The van der Waals surface area contributed by atoms with E-state index in [9.17, 15) is 4.79 Å². The Labute approximate surface area is 93.1 Å². The minimum Gasteiger partial charge on any atom is -0.344 e. The molecule has 0 aliphatic rings. The highest BCUT2D eigenvalue weighted by Crippen LogP contribution is 2.14. The smallest absolute Gasteiger partial charge is 0.239 e. The molecule has 0 aromatic carbocycles. The summed E-state index contributed by atoms with van der Waals surface area (Å²) >= 11 is 0. The second-order valence-corrected chi connectivity index (χ2v) is 4.58. The average Bonchev–Trinajstić information content (AvgIpc) is 2.17. The van der Waals surface area contributed by atoms with E-state index < -0.39 is 5.92 Å². The van der Waals surface area contributed by atoms with Crippen LogP contribution in [0.2, 0.25) is 0 Å². The Kier molecular flexibility index (Phi) is 6.00. The first kappa shape index (κ1) is 14.0. The predicted molar refractivity (Wildman–Crippen MR) is 61.0 cm³/mol. The Morgan fingerprint density at radius 1 is 1.40 bits per heavy atom. The molecule has 0 fully saturated rings. The van der Waals surface area contributed by atoms with Gasteiger partial charge in [-0.15, -0.1) is 0 Å². The number of hydrogen-bond acceptors (Lipinski definition) is 2. The fourth-order valence-corrected chi connectivity index (χ4v) is 1.41. The molecule has 86 valence electrons. The summed E-state index contributed by atoms with van der Waals surface area (Å²) in [6, 6.07) is 2.08. The summed E-state index contributed by atoms with van der Waals surface area (Å²) in [5.74, 6) is 0.0270. The summed E-state index contributed by atoms with van der Waals surface area (Å²) in [4.78, 5) is 13.6. The molecule has 0 saturated heterocycles. The van der Waals surface area contributed by atoms with Crippen molar-refractivity contribution in [2.24, 2.45) is 17.8 Å². The highest BCUT2D eigenvalue weighted by molar-refractivity contribution is 5.81. The highest BCUT2D eigenvalue weighted by atomic mass is 16.2. The molecular weight excluding hydrogens is 188 g/mol. The zero-order chi connectivity index (χ0) is 12.0. The normalized spacial score (nSPS) is 14.5. The van der Waals surface area contributed by atoms with Crippen LogP contribution in [0.1, 0.15) is 34.1 Å². The second-order valence-electron chi connectivity index (χ2n) is 4.58. The third-order valence-corrected chi connectivity index (χ3v) is 2.73. The maximum Gasteiger partial charge on any atom is 0.239 e. The molecule has 1 amide bonds. The van der Waals surface area contributed by atoms with Gasteiger partial charge in [0.25, 0.3) is 0 Å². The number of nitrogens with zero attached hydrogens (tertiary/aromatic N) is 2. The number of carbonyl (C=O) groups excluding carboxylic acids is 1. The van der Waals surface area contributed by atoms with E-state index in [1.807, 2.05) is 13.8 Å². The Morgan fingerprint density at radius 3 is 2.27 bits per heavy atom. The van der Waals surface area contributed by atoms with Crippen molar-refractivity contribution in [1.29, 1.82) is 5.26 Å². The highest BCUT2D eigenvalue weighted by Gasteiger charge is 2.25. The number of rotatable bonds is 5. The minimum atomic E-state index is -0.501. The third kappa shape index (κ3) is 4.33. The summed E-state index contributed by atoms with van der Waals surface area (Å²) in [5.41, 5.74) is 0. The van der Waals surface area contributed by atoms with Gasteiger partial charge in [0.1, 0.15) is 5.92 Å². The Bertz CT molecular complexity index is 242. The summed E-state index contributed by atoms with van der Waals surface area (Å²) < 4.78 is 0. The number of carbonyl (C=O) groups is 1. The first-order valence-corrected chi connectivity index (χ1v) is 5.58. The zero-order valence-electron chi connectivity index (χ0n) is 10.4. The Balaban J connectivity index is 4.37. The van der Waals surface area contributed by atoms with Gasteiger partial charge in [0.05, 0.1) is 6.07 Å². The predicted octanol–water partition coefficient (Wildman–Crippen LogP) is 2.29. The van der Waals surface area contributed by atoms with Crippen molar-refractivity contribution in [3.63, 3.8) is 0 Å². The van der Waals surface area contributed by atoms with E-state index in [4.69, 9.17) is 5.26 Å². The molecule has 0 aromatic rings. The van der Waals surface area contributed by atoms with Gasteiger partial charge in [0.15, 0.2) is 0 Å². The fraction of sp³-hybridized carbons (Fsp3) is 0.833. The molecule has 0 aromatic heterocycles. The molecule has 0 N–H and O–H groups in total. The molecule has 2 unspecified atom stereocenters. The van der Waals surface area contributed by atoms with Crippen molar-refractivity contribution >= 4 is 5.91 Å². The fourth-order valence-electron chi connectivity index (χ4n) is 1.41. The maximum absolute atomic E-state index is 11.9. The van der Waals surface area contributed by atoms with Crippen LogP contribution < -0.4 is 0 Å². The molecule has 2 atom stereocenters. The van der Waals surface area contributed by atoms with Gasteiger partial charge in [-0.05, 0) is 11.8 Å². The molecule has 0 bridgehead atoms. The molecule has 0 spiro atoms. The van der Waals surface area contributed by atoms with Crippen molar-refractivity contribution < 1.29 is 4.79 Å². The summed E-state index contributed by atoms with van der Waals surface area (Å²) in [6.45, 7) is 8.76. The molecule has 0 rings (SSSR count). The minimum absolute atomic E-state index is 0.0483. The molecule has 0 radical (unpaired) electrons. The van der Waals surface area contributed by atoms with Crippen LogP contribution in [0.25, 0.3) is 0 Å². The molecule has 3 nitrogen and oxygen atoms in total. The van der Waals surface area contributed by atoms with Crippen molar-refractivity contribution in [2.75, 3.05) is 13.6 Å². The Morgan fingerprint density at radius 2 is 1.93 bits per heavy atom. The molecule has 3 heteroatoms. The summed E-state index contributed by atoms with van der Waals surface area (Å²) in [7, 11) is 1.78. The Hall–Kier alpha value is -1.04. The number of nitriles is 1. The third-order valence-electron chi connectivity index (χ3n) is 2.73. The SMILES string of the molecule is CCC(C)CN(C)C(=O)C(C#N)C(C)C. The van der Waals surface area contributed by atoms with E-state index in [1.54, 1.807) is 11.9 Å². The van der Waals surface area contributed by atoms with E-state index in [-0.39, 0.29) is 11.8 Å². The summed E-state index contributed by atoms with van der Waals surface area (Å²) in [5, 5.41) is 8.91. The molecule has 0 aliphatic heterocycles.